The van der Waals surface area contributed by atoms with Crippen molar-refractivity contribution in [3.05, 3.63) is 0 Å². The Labute approximate surface area is 94.1 Å². The molecule has 0 saturated heterocycles. The lowest BCUT2D eigenvalue weighted by atomic mass is 10.8. The molecule has 14 heavy (non-hydrogen) atoms. The maximum atomic E-state index is 2.70. The molecule has 0 fully saturated rings. The topological polar surface area (TPSA) is 6.48 Å². The molecule has 0 aliphatic carbocycles. The van der Waals surface area contributed by atoms with Crippen LogP contribution in [0.1, 0.15) is 13.8 Å². The van der Waals surface area contributed by atoms with Crippen molar-refractivity contribution in [2.45, 2.75) is 13.8 Å². The van der Waals surface area contributed by atoms with E-state index in [0.29, 0.717) is 0 Å². The van der Waals surface area contributed by atoms with Crippen LogP contribution in [0.4, 0.5) is 0 Å². The van der Waals surface area contributed by atoms with E-state index in [1.54, 1.807) is 0 Å². The maximum absolute atomic E-state index is 2.70. The summed E-state index contributed by atoms with van der Waals surface area (Å²) in [4.78, 5) is 0. The van der Waals surface area contributed by atoms with Crippen LogP contribution >= 0.6 is 20.6 Å². The molecule has 0 saturated carbocycles. The third kappa shape index (κ3) is 3.33. The number of hydrogen-bond acceptors (Lipinski definition) is 2. The van der Waals surface area contributed by atoms with Gasteiger partial charge in [-0.3, -0.25) is 4.31 Å². The second kappa shape index (κ2) is 5.10. The van der Waals surface area contributed by atoms with E-state index in [1.165, 1.54) is 0 Å². The highest BCUT2D eigenvalue weighted by molar-refractivity contribution is 8.43. The Bertz CT molecular complexity index is 175. The average Bonchev–Trinajstić information content (AvgIpc) is 2.00. The van der Waals surface area contributed by atoms with Crippen LogP contribution in [0.3, 0.4) is 0 Å². The van der Waals surface area contributed by atoms with Gasteiger partial charge in [-0.05, 0) is 38.3 Å². The Morgan fingerprint density at radius 3 is 1.50 bits per heavy atom. The summed E-state index contributed by atoms with van der Waals surface area (Å²) < 4.78 is 5.19. The third-order valence-corrected chi connectivity index (χ3v) is 9.53. The van der Waals surface area contributed by atoms with Crippen LogP contribution in [-0.2, 0) is 0 Å². The molecule has 90 valence electrons. The average molecular weight is 240 g/mol. The monoisotopic (exact) mass is 240 g/mol. The van der Waals surface area contributed by atoms with Gasteiger partial charge in [-0.1, -0.05) is 13.8 Å². The lowest BCUT2D eigenvalue weighted by molar-refractivity contribution is 0.554. The molecule has 2 nitrogen and oxygen atoms in total. The Morgan fingerprint density at radius 1 is 0.857 bits per heavy atom. The minimum atomic E-state index is -0.755. The van der Waals surface area contributed by atoms with Crippen LogP contribution in [0.2, 0.25) is 0 Å². The third-order valence-electron chi connectivity index (χ3n) is 2.58. The molecule has 0 rings (SSSR count). The zero-order valence-electron chi connectivity index (χ0n) is 11.1. The molecule has 0 amide bonds. The Hall–Kier alpha value is 0.620. The molecule has 0 N–H and O–H groups in total. The van der Waals surface area contributed by atoms with Crippen molar-refractivity contribution in [1.82, 2.24) is 8.02 Å². The molecule has 0 radical (unpaired) electrons. The standard InChI is InChI=1S/C10H28N2S2/c1-9-11(3)14(7,8)12(10-2)13(4,5)6/h9-10H2,1-8H3. The first kappa shape index (κ1) is 14.6. The van der Waals surface area contributed by atoms with Crippen molar-refractivity contribution in [2.75, 3.05) is 51.4 Å². The molecule has 0 aromatic rings. The molecule has 0 aliphatic rings. The lowest BCUT2D eigenvalue weighted by Gasteiger charge is -2.56. The van der Waals surface area contributed by atoms with E-state index in [1.807, 2.05) is 0 Å². The van der Waals surface area contributed by atoms with E-state index in [-0.39, 0.29) is 0 Å². The summed E-state index contributed by atoms with van der Waals surface area (Å²) in [6, 6.07) is 0. The van der Waals surface area contributed by atoms with E-state index in [0.717, 1.165) is 13.1 Å². The minimum Gasteiger partial charge on any atom is -0.259 e. The first-order valence-corrected chi connectivity index (χ1v) is 10.3. The van der Waals surface area contributed by atoms with Gasteiger partial charge < -0.3 is 0 Å². The van der Waals surface area contributed by atoms with E-state index in [4.69, 9.17) is 0 Å². The summed E-state index contributed by atoms with van der Waals surface area (Å²) in [5.41, 5.74) is 0. The summed E-state index contributed by atoms with van der Waals surface area (Å²) in [6.07, 6.45) is 12.0. The zero-order chi connectivity index (χ0) is 11.6. The van der Waals surface area contributed by atoms with Gasteiger partial charge in [0, 0.05) is 13.1 Å². The van der Waals surface area contributed by atoms with Crippen molar-refractivity contribution in [3.63, 3.8) is 0 Å². The minimum absolute atomic E-state index is 0.599. The summed E-state index contributed by atoms with van der Waals surface area (Å²) in [5, 5.41) is 0. The van der Waals surface area contributed by atoms with E-state index in [2.05, 4.69) is 60.2 Å². The fraction of sp³-hybridized carbons (Fsp3) is 1.00. The summed E-state index contributed by atoms with van der Waals surface area (Å²) in [6.45, 7) is 6.80. The van der Waals surface area contributed by atoms with Crippen molar-refractivity contribution in [3.8, 4) is 0 Å². The molecule has 0 atom stereocenters. The highest BCUT2D eigenvalue weighted by Crippen LogP contribution is 2.59. The number of hydrogen-bond donors (Lipinski definition) is 0. The molecule has 0 aromatic heterocycles. The van der Waals surface area contributed by atoms with Gasteiger partial charge in [0.15, 0.2) is 0 Å². The molecule has 0 aromatic carbocycles. The van der Waals surface area contributed by atoms with Gasteiger partial charge in [0.2, 0.25) is 0 Å². The van der Waals surface area contributed by atoms with Crippen LogP contribution < -0.4 is 0 Å². The molecule has 0 aliphatic heterocycles. The Balaban J connectivity index is 4.83. The molecule has 0 unspecified atom stereocenters. The number of rotatable bonds is 5. The first-order chi connectivity index (χ1) is 6.17. The van der Waals surface area contributed by atoms with Gasteiger partial charge in [-0.25, -0.2) is 3.71 Å². The van der Waals surface area contributed by atoms with Crippen LogP contribution in [0.25, 0.3) is 0 Å². The van der Waals surface area contributed by atoms with E-state index in [9.17, 15) is 0 Å². The normalized spacial score (nSPS) is 16.4. The predicted molar refractivity (Wildman–Crippen MR) is 75.5 cm³/mol. The van der Waals surface area contributed by atoms with Crippen LogP contribution in [0, 0.1) is 0 Å². The molecule has 0 spiro atoms. The second-order valence-corrected chi connectivity index (χ2v) is 12.3. The van der Waals surface area contributed by atoms with Crippen LogP contribution in [-0.4, -0.2) is 59.4 Å². The smallest absolute Gasteiger partial charge is 0.0152 e. The first-order valence-electron chi connectivity index (χ1n) is 5.08. The summed E-state index contributed by atoms with van der Waals surface area (Å²) >= 11 is 0. The predicted octanol–water partition coefficient (Wildman–Crippen LogP) is 2.76. The second-order valence-electron chi connectivity index (χ2n) is 4.59. The molecule has 4 heteroatoms. The molecular weight excluding hydrogens is 212 g/mol. The van der Waals surface area contributed by atoms with Gasteiger partial charge in [-0.2, -0.15) is 10.2 Å². The number of nitrogens with zero attached hydrogens (tertiary/aromatic N) is 2. The molecular formula is C10H28N2S2. The SMILES string of the molecule is CCN(C)S(C)(C)N(CC)S(C)(C)C. The highest BCUT2D eigenvalue weighted by atomic mass is 32.3. The van der Waals surface area contributed by atoms with Crippen molar-refractivity contribution in [2.24, 2.45) is 0 Å². The molecule has 0 heterocycles. The van der Waals surface area contributed by atoms with Crippen LogP contribution in [0.15, 0.2) is 0 Å². The summed E-state index contributed by atoms with van der Waals surface area (Å²) in [7, 11) is 0.885. The lowest BCUT2D eigenvalue weighted by Crippen LogP contribution is -2.37. The summed E-state index contributed by atoms with van der Waals surface area (Å²) in [5.74, 6) is 0. The van der Waals surface area contributed by atoms with Crippen molar-refractivity contribution < 1.29 is 0 Å². The van der Waals surface area contributed by atoms with Gasteiger partial charge in [0.1, 0.15) is 0 Å². The fourth-order valence-electron chi connectivity index (χ4n) is 1.72. The van der Waals surface area contributed by atoms with Gasteiger partial charge in [0.05, 0.1) is 0 Å². The van der Waals surface area contributed by atoms with Gasteiger partial charge in [-0.15, -0.1) is 10.4 Å². The van der Waals surface area contributed by atoms with E-state index < -0.39 is 20.6 Å². The van der Waals surface area contributed by atoms with Crippen molar-refractivity contribution in [1.29, 1.82) is 0 Å². The quantitative estimate of drug-likeness (QED) is 0.729. The maximum Gasteiger partial charge on any atom is 0.0152 e. The highest BCUT2D eigenvalue weighted by Gasteiger charge is 2.29. The molecule has 0 bridgehead atoms. The van der Waals surface area contributed by atoms with Gasteiger partial charge >= 0.3 is 0 Å². The Kier molecular flexibility index (Phi) is 5.33. The van der Waals surface area contributed by atoms with E-state index >= 15 is 0 Å². The fourth-order valence-corrected chi connectivity index (χ4v) is 8.79. The van der Waals surface area contributed by atoms with Crippen molar-refractivity contribution >= 4 is 20.6 Å². The Morgan fingerprint density at radius 2 is 1.29 bits per heavy atom. The van der Waals surface area contributed by atoms with Gasteiger partial charge in [0.25, 0.3) is 0 Å². The largest absolute Gasteiger partial charge is 0.259 e. The zero-order valence-corrected chi connectivity index (χ0v) is 12.8. The van der Waals surface area contributed by atoms with Crippen LogP contribution in [0.5, 0.6) is 0 Å².